The third kappa shape index (κ3) is 5.87. The molecule has 2 heterocycles. The maximum Gasteiger partial charge on any atom is 0.415 e. The Bertz CT molecular complexity index is 1260. The Kier molecular flexibility index (Phi) is 7.80. The summed E-state index contributed by atoms with van der Waals surface area (Å²) < 4.78 is 18.8. The van der Waals surface area contributed by atoms with Gasteiger partial charge in [-0.05, 0) is 67.6 Å². The zero-order chi connectivity index (χ0) is 27.9. The number of amides is 3. The van der Waals surface area contributed by atoms with Gasteiger partial charge in [0.05, 0.1) is 16.1 Å². The van der Waals surface area contributed by atoms with Crippen LogP contribution in [-0.4, -0.2) is 71.9 Å². The van der Waals surface area contributed by atoms with E-state index in [2.05, 4.69) is 0 Å². The van der Waals surface area contributed by atoms with Crippen LogP contribution in [0.15, 0.2) is 42.5 Å². The van der Waals surface area contributed by atoms with Gasteiger partial charge in [0.1, 0.15) is 11.6 Å². The number of halogens is 3. The SMILES string of the molecule is CN(C(=O)Oc1ccc(F)cc1)[C@H]1CN(C(=O)C2CCN(C(=O)C3(C)CC3)CC2)C[C@H]1c1ccc(Cl)c(Cl)c1. The van der Waals surface area contributed by atoms with Crippen molar-refractivity contribution in [3.8, 4) is 5.75 Å². The minimum absolute atomic E-state index is 0.0348. The van der Waals surface area contributed by atoms with E-state index in [4.69, 9.17) is 27.9 Å². The lowest BCUT2D eigenvalue weighted by molar-refractivity contribution is -0.142. The second kappa shape index (κ2) is 11.0. The number of likely N-dealkylation sites (tertiary alicyclic amines) is 2. The number of benzene rings is 2. The second-order valence-corrected chi connectivity index (χ2v) is 12.0. The van der Waals surface area contributed by atoms with Crippen LogP contribution in [0.25, 0.3) is 0 Å². The van der Waals surface area contributed by atoms with Gasteiger partial charge in [-0.2, -0.15) is 0 Å². The van der Waals surface area contributed by atoms with Gasteiger partial charge in [-0.15, -0.1) is 0 Å². The summed E-state index contributed by atoms with van der Waals surface area (Å²) in [6.07, 6.45) is 2.52. The van der Waals surface area contributed by atoms with Gasteiger partial charge < -0.3 is 19.4 Å². The molecule has 0 radical (unpaired) electrons. The number of ether oxygens (including phenoxy) is 1. The summed E-state index contributed by atoms with van der Waals surface area (Å²) in [6.45, 7) is 3.92. The predicted molar refractivity (Wildman–Crippen MR) is 146 cm³/mol. The van der Waals surface area contributed by atoms with E-state index in [1.54, 1.807) is 19.2 Å². The van der Waals surface area contributed by atoms with Crippen LogP contribution >= 0.6 is 23.2 Å². The molecular formula is C29H32Cl2FN3O4. The van der Waals surface area contributed by atoms with E-state index in [0.29, 0.717) is 49.1 Å². The fraction of sp³-hybridized carbons (Fsp3) is 0.483. The van der Waals surface area contributed by atoms with Crippen molar-refractivity contribution in [2.24, 2.45) is 11.3 Å². The van der Waals surface area contributed by atoms with Gasteiger partial charge in [0.15, 0.2) is 0 Å². The number of carbonyl (C=O) groups is 3. The molecule has 2 saturated heterocycles. The third-order valence-corrected chi connectivity index (χ3v) is 9.16. The Morgan fingerprint density at radius 3 is 2.26 bits per heavy atom. The van der Waals surface area contributed by atoms with Crippen molar-refractivity contribution >= 4 is 41.1 Å². The van der Waals surface area contributed by atoms with E-state index in [0.717, 1.165) is 18.4 Å². The van der Waals surface area contributed by atoms with Gasteiger partial charge in [0.2, 0.25) is 11.8 Å². The largest absolute Gasteiger partial charge is 0.415 e. The van der Waals surface area contributed by atoms with Gasteiger partial charge in [-0.25, -0.2) is 9.18 Å². The molecule has 2 aromatic rings. The van der Waals surface area contributed by atoms with Crippen LogP contribution in [0.1, 0.15) is 44.1 Å². The molecule has 0 bridgehead atoms. The van der Waals surface area contributed by atoms with E-state index in [1.807, 2.05) is 22.8 Å². The molecule has 3 fully saturated rings. The van der Waals surface area contributed by atoms with Crippen LogP contribution in [0.2, 0.25) is 10.0 Å². The fourth-order valence-electron chi connectivity index (χ4n) is 5.61. The Morgan fingerprint density at radius 2 is 1.64 bits per heavy atom. The lowest BCUT2D eigenvalue weighted by atomic mass is 9.93. The summed E-state index contributed by atoms with van der Waals surface area (Å²) in [6, 6.07) is 10.2. The monoisotopic (exact) mass is 575 g/mol. The summed E-state index contributed by atoms with van der Waals surface area (Å²) in [4.78, 5) is 44.7. The molecule has 208 valence electrons. The molecule has 5 rings (SSSR count). The number of likely N-dealkylation sites (N-methyl/N-ethyl adjacent to an activating group) is 1. The highest BCUT2D eigenvalue weighted by Gasteiger charge is 2.48. The molecule has 10 heteroatoms. The minimum Gasteiger partial charge on any atom is -0.410 e. The first kappa shape index (κ1) is 27.7. The highest BCUT2D eigenvalue weighted by Crippen LogP contribution is 2.47. The number of carbonyl (C=O) groups excluding carboxylic acids is 3. The normalized spacial score (nSPS) is 22.5. The molecule has 1 saturated carbocycles. The van der Waals surface area contributed by atoms with Gasteiger partial charge in [-0.3, -0.25) is 9.59 Å². The van der Waals surface area contributed by atoms with Gasteiger partial charge in [0, 0.05) is 50.5 Å². The molecule has 2 aliphatic heterocycles. The smallest absolute Gasteiger partial charge is 0.410 e. The topological polar surface area (TPSA) is 70.2 Å². The second-order valence-electron chi connectivity index (χ2n) is 11.2. The first-order valence-corrected chi connectivity index (χ1v) is 14.0. The number of hydrogen-bond acceptors (Lipinski definition) is 4. The van der Waals surface area contributed by atoms with Crippen LogP contribution in [0.4, 0.5) is 9.18 Å². The zero-order valence-corrected chi connectivity index (χ0v) is 23.6. The van der Waals surface area contributed by atoms with Crippen molar-refractivity contribution in [2.75, 3.05) is 33.2 Å². The molecular weight excluding hydrogens is 544 g/mol. The molecule has 3 aliphatic rings. The van der Waals surface area contributed by atoms with Crippen LogP contribution in [0, 0.1) is 17.2 Å². The molecule has 2 atom stereocenters. The number of rotatable bonds is 5. The van der Waals surface area contributed by atoms with Gasteiger partial charge in [0.25, 0.3) is 0 Å². The predicted octanol–water partition coefficient (Wildman–Crippen LogP) is 5.60. The summed E-state index contributed by atoms with van der Waals surface area (Å²) in [7, 11) is 1.64. The van der Waals surface area contributed by atoms with E-state index in [9.17, 15) is 18.8 Å². The van der Waals surface area contributed by atoms with E-state index >= 15 is 0 Å². The highest BCUT2D eigenvalue weighted by molar-refractivity contribution is 6.42. The molecule has 0 aromatic heterocycles. The van der Waals surface area contributed by atoms with E-state index in [1.165, 1.54) is 29.2 Å². The molecule has 3 amide bonds. The molecule has 0 N–H and O–H groups in total. The van der Waals surface area contributed by atoms with Gasteiger partial charge in [-0.1, -0.05) is 36.2 Å². The minimum atomic E-state index is -0.605. The molecule has 0 spiro atoms. The van der Waals surface area contributed by atoms with Crippen molar-refractivity contribution in [3.63, 3.8) is 0 Å². The Hall–Kier alpha value is -2.84. The summed E-state index contributed by atoms with van der Waals surface area (Å²) >= 11 is 12.5. The first-order valence-electron chi connectivity index (χ1n) is 13.3. The third-order valence-electron chi connectivity index (χ3n) is 8.42. The summed E-state index contributed by atoms with van der Waals surface area (Å²) in [5, 5.41) is 0.823. The first-order chi connectivity index (χ1) is 18.6. The average molecular weight is 576 g/mol. The fourth-order valence-corrected chi connectivity index (χ4v) is 5.92. The van der Waals surface area contributed by atoms with Crippen LogP contribution in [0.5, 0.6) is 5.75 Å². The number of piperidine rings is 1. The zero-order valence-electron chi connectivity index (χ0n) is 22.0. The quantitative estimate of drug-likeness (QED) is 0.465. The average Bonchev–Trinajstić information content (AvgIpc) is 3.53. The van der Waals surface area contributed by atoms with Crippen molar-refractivity contribution in [2.45, 2.75) is 44.6 Å². The van der Waals surface area contributed by atoms with Crippen LogP contribution in [-0.2, 0) is 9.59 Å². The van der Waals surface area contributed by atoms with Gasteiger partial charge >= 0.3 is 6.09 Å². The lowest BCUT2D eigenvalue weighted by Gasteiger charge is -2.34. The Labute approximate surface area is 237 Å². The molecule has 39 heavy (non-hydrogen) atoms. The maximum absolute atomic E-state index is 13.7. The molecule has 0 unspecified atom stereocenters. The van der Waals surface area contributed by atoms with Crippen molar-refractivity contribution in [3.05, 3.63) is 63.9 Å². The maximum atomic E-state index is 13.7. The molecule has 2 aromatic carbocycles. The van der Waals surface area contributed by atoms with Crippen molar-refractivity contribution in [1.29, 1.82) is 0 Å². The highest BCUT2D eigenvalue weighted by atomic mass is 35.5. The van der Waals surface area contributed by atoms with Crippen LogP contribution < -0.4 is 4.74 Å². The van der Waals surface area contributed by atoms with Crippen molar-refractivity contribution in [1.82, 2.24) is 14.7 Å². The van der Waals surface area contributed by atoms with E-state index < -0.39 is 11.9 Å². The number of hydrogen-bond donors (Lipinski definition) is 0. The van der Waals surface area contributed by atoms with E-state index in [-0.39, 0.29) is 40.9 Å². The van der Waals surface area contributed by atoms with Crippen molar-refractivity contribution < 1.29 is 23.5 Å². The van der Waals surface area contributed by atoms with Crippen LogP contribution in [0.3, 0.4) is 0 Å². The Balaban J connectivity index is 1.30. The Morgan fingerprint density at radius 1 is 0.974 bits per heavy atom. The molecule has 7 nitrogen and oxygen atoms in total. The number of nitrogens with zero attached hydrogens (tertiary/aromatic N) is 3. The summed E-state index contributed by atoms with van der Waals surface area (Å²) in [5.74, 6) is -0.351. The molecule has 1 aliphatic carbocycles. The lowest BCUT2D eigenvalue weighted by Crippen LogP contribution is -2.46. The summed E-state index contributed by atoms with van der Waals surface area (Å²) in [5.41, 5.74) is 0.656. The standard InChI is InChI=1S/C29H32Cl2FN3O4/c1-29(11-12-29)27(37)34-13-9-18(10-14-34)26(36)35-16-22(19-3-8-23(30)24(31)15-19)25(17-35)33(2)28(38)39-21-6-4-20(32)5-7-21/h3-8,15,18,22,25H,9-14,16-17H2,1-2H3/t22-,25-/m0/s1.